The van der Waals surface area contributed by atoms with Crippen molar-refractivity contribution in [2.75, 3.05) is 24.6 Å². The molecule has 0 atom stereocenters. The van der Waals surface area contributed by atoms with Crippen molar-refractivity contribution in [1.29, 1.82) is 0 Å². The predicted octanol–water partition coefficient (Wildman–Crippen LogP) is 5.18. The van der Waals surface area contributed by atoms with E-state index in [1.165, 1.54) is 50.3 Å². The van der Waals surface area contributed by atoms with E-state index in [2.05, 4.69) is 60.7 Å². The van der Waals surface area contributed by atoms with E-state index in [-0.39, 0.29) is 7.61 Å². The van der Waals surface area contributed by atoms with Crippen LogP contribution in [-0.2, 0) is 0 Å². The van der Waals surface area contributed by atoms with Gasteiger partial charge in [0, 0.05) is 0 Å². The van der Waals surface area contributed by atoms with Crippen molar-refractivity contribution in [2.24, 2.45) is 0 Å². The molecule has 2 aromatic carbocycles. The second-order valence-corrected chi connectivity index (χ2v) is 18.3. The molecule has 2 heterocycles. The van der Waals surface area contributed by atoms with Gasteiger partial charge in [-0.1, -0.05) is 0 Å². The average Bonchev–Trinajstić information content (AvgIpc) is 3.28. The Morgan fingerprint density at radius 3 is 1.50 bits per heavy atom. The Bertz CT molecular complexity index is 580. The summed E-state index contributed by atoms with van der Waals surface area (Å²) < 4.78 is 0. The van der Waals surface area contributed by atoms with Crippen LogP contribution in [0, 0.1) is 0 Å². The van der Waals surface area contributed by atoms with E-state index in [1.807, 2.05) is 0 Å². The third-order valence-electron chi connectivity index (χ3n) is 6.03. The predicted molar refractivity (Wildman–Crippen MR) is 104 cm³/mol. The summed E-state index contributed by atoms with van der Waals surface area (Å²) in [6.07, 6.45) is 9.93. The second kappa shape index (κ2) is 5.74. The monoisotopic (exact) mass is 328 g/mol. The quantitative estimate of drug-likeness (QED) is 0.682. The molecule has 116 valence electrons. The molecule has 0 aliphatic carbocycles. The minimum atomic E-state index is -1.94. The molecule has 2 aromatic rings. The Kier molecular flexibility index (Phi) is 3.88. The SMILES string of the molecule is c1ccc(P2(c3ccccc3)(P3CCCC3)CCCC2)cc1. The fourth-order valence-corrected chi connectivity index (χ4v) is 22.8. The van der Waals surface area contributed by atoms with Crippen molar-refractivity contribution in [3.63, 3.8) is 0 Å². The number of benzene rings is 2. The topological polar surface area (TPSA) is 0 Å². The first kappa shape index (κ1) is 14.9. The van der Waals surface area contributed by atoms with Crippen LogP contribution in [0.1, 0.15) is 25.7 Å². The van der Waals surface area contributed by atoms with Crippen LogP contribution >= 0.6 is 13.9 Å². The van der Waals surface area contributed by atoms with Gasteiger partial charge in [-0.3, -0.25) is 0 Å². The van der Waals surface area contributed by atoms with Gasteiger partial charge in [-0.25, -0.2) is 0 Å². The van der Waals surface area contributed by atoms with E-state index in [0.29, 0.717) is 0 Å². The molecule has 0 bridgehead atoms. The van der Waals surface area contributed by atoms with Crippen molar-refractivity contribution in [3.05, 3.63) is 60.7 Å². The summed E-state index contributed by atoms with van der Waals surface area (Å²) in [6.45, 7) is 0. The van der Waals surface area contributed by atoms with Crippen molar-refractivity contribution >= 4 is 24.5 Å². The van der Waals surface area contributed by atoms with E-state index in [4.69, 9.17) is 0 Å². The molecule has 0 amide bonds. The minimum absolute atomic E-state index is 0.163. The Labute approximate surface area is 135 Å². The van der Waals surface area contributed by atoms with Crippen LogP contribution < -0.4 is 10.6 Å². The van der Waals surface area contributed by atoms with Crippen molar-refractivity contribution in [2.45, 2.75) is 25.7 Å². The summed E-state index contributed by atoms with van der Waals surface area (Å²) in [6, 6.07) is 23.5. The van der Waals surface area contributed by atoms with Crippen LogP contribution in [0.2, 0.25) is 0 Å². The summed E-state index contributed by atoms with van der Waals surface area (Å²) >= 11 is 0. The zero-order valence-corrected chi connectivity index (χ0v) is 15.1. The fraction of sp³-hybridized carbons (Fsp3) is 0.400. The van der Waals surface area contributed by atoms with Gasteiger partial charge in [0.05, 0.1) is 0 Å². The van der Waals surface area contributed by atoms with Crippen LogP contribution in [0.15, 0.2) is 60.7 Å². The third kappa shape index (κ3) is 1.97. The van der Waals surface area contributed by atoms with Crippen LogP contribution in [0.3, 0.4) is 0 Å². The van der Waals surface area contributed by atoms with Gasteiger partial charge < -0.3 is 0 Å². The molecule has 2 heteroatoms. The average molecular weight is 328 g/mol. The molecule has 0 nitrogen and oxygen atoms in total. The third-order valence-corrected chi connectivity index (χ3v) is 22.5. The van der Waals surface area contributed by atoms with E-state index in [9.17, 15) is 0 Å². The van der Waals surface area contributed by atoms with Crippen molar-refractivity contribution in [1.82, 2.24) is 0 Å². The normalized spacial score (nSPS) is 25.5. The first-order valence-electron chi connectivity index (χ1n) is 8.73. The van der Waals surface area contributed by atoms with Gasteiger partial charge in [-0.15, -0.1) is 0 Å². The Morgan fingerprint density at radius 2 is 1.05 bits per heavy atom. The standard InChI is InChI=1S/C20H26P2/c1-3-11-19(12-4-1)22(17-9-10-18-22,21-15-7-8-16-21)20-13-5-2-6-14-20/h1-6,11-14H,7-10,15-18H2. The summed E-state index contributed by atoms with van der Waals surface area (Å²) in [7, 11) is 0.163. The van der Waals surface area contributed by atoms with Crippen molar-refractivity contribution in [3.8, 4) is 0 Å². The van der Waals surface area contributed by atoms with Gasteiger partial charge in [-0.05, 0) is 0 Å². The number of hydrogen-bond acceptors (Lipinski definition) is 0. The van der Waals surface area contributed by atoms with E-state index >= 15 is 0 Å². The van der Waals surface area contributed by atoms with Gasteiger partial charge >= 0.3 is 136 Å². The zero-order chi connectivity index (χ0) is 14.9. The van der Waals surface area contributed by atoms with E-state index in [1.54, 1.807) is 10.6 Å². The Balaban J connectivity index is 2.01. The van der Waals surface area contributed by atoms with Gasteiger partial charge in [-0.2, -0.15) is 0 Å². The Morgan fingerprint density at radius 1 is 0.591 bits per heavy atom. The van der Waals surface area contributed by atoms with Crippen LogP contribution in [0.25, 0.3) is 0 Å². The number of rotatable bonds is 3. The summed E-state index contributed by atoms with van der Waals surface area (Å²) in [5.41, 5.74) is 0. The molecule has 0 saturated carbocycles. The molecule has 2 aliphatic rings. The van der Waals surface area contributed by atoms with Crippen LogP contribution in [0.5, 0.6) is 0 Å². The van der Waals surface area contributed by atoms with Gasteiger partial charge in [0.2, 0.25) is 0 Å². The summed E-state index contributed by atoms with van der Waals surface area (Å²) in [5, 5.41) is 3.48. The fourth-order valence-electron chi connectivity index (χ4n) is 5.03. The molecular weight excluding hydrogens is 302 g/mol. The van der Waals surface area contributed by atoms with Crippen molar-refractivity contribution < 1.29 is 0 Å². The molecule has 2 saturated heterocycles. The number of hydrogen-bond donors (Lipinski definition) is 0. The first-order chi connectivity index (χ1) is 10.9. The zero-order valence-electron chi connectivity index (χ0n) is 13.3. The maximum atomic E-state index is 2.48. The van der Waals surface area contributed by atoms with Gasteiger partial charge in [0.15, 0.2) is 0 Å². The van der Waals surface area contributed by atoms with Crippen LogP contribution in [0.4, 0.5) is 0 Å². The van der Waals surface area contributed by atoms with Crippen LogP contribution in [-0.4, -0.2) is 24.6 Å². The van der Waals surface area contributed by atoms with Gasteiger partial charge in [0.1, 0.15) is 0 Å². The molecule has 2 fully saturated rings. The first-order valence-corrected chi connectivity index (χ1v) is 13.8. The molecular formula is C20H26P2. The molecule has 0 unspecified atom stereocenters. The molecule has 0 N–H and O–H groups in total. The molecule has 2 aliphatic heterocycles. The maximum absolute atomic E-state index is 2.48. The molecule has 0 radical (unpaired) electrons. The molecule has 22 heavy (non-hydrogen) atoms. The summed E-state index contributed by atoms with van der Waals surface area (Å²) in [4.78, 5) is 0. The van der Waals surface area contributed by atoms with E-state index in [0.717, 1.165) is 0 Å². The van der Waals surface area contributed by atoms with E-state index < -0.39 is 6.29 Å². The molecule has 0 aromatic heterocycles. The molecule has 4 rings (SSSR count). The second-order valence-electron chi connectivity index (χ2n) is 6.94. The molecule has 0 spiro atoms. The Hall–Kier alpha value is -0.700. The summed E-state index contributed by atoms with van der Waals surface area (Å²) in [5.74, 6) is 0. The van der Waals surface area contributed by atoms with Gasteiger partial charge in [0.25, 0.3) is 0 Å².